The molecular weight excluding hydrogens is 284 g/mol. The van der Waals surface area contributed by atoms with Crippen LogP contribution in [0.5, 0.6) is 5.75 Å². The minimum atomic E-state index is -0.738. The summed E-state index contributed by atoms with van der Waals surface area (Å²) < 4.78 is 6.29. The SMILES string of the molecule is COc1cc(C2(CC(=O)O)CC2)cc(Br)c1C. The summed E-state index contributed by atoms with van der Waals surface area (Å²) in [4.78, 5) is 10.9. The van der Waals surface area contributed by atoms with Crippen molar-refractivity contribution in [2.24, 2.45) is 0 Å². The highest BCUT2D eigenvalue weighted by Gasteiger charge is 2.46. The number of hydrogen-bond acceptors (Lipinski definition) is 2. The van der Waals surface area contributed by atoms with Crippen molar-refractivity contribution in [1.82, 2.24) is 0 Å². The molecule has 0 spiro atoms. The van der Waals surface area contributed by atoms with Crippen LogP contribution in [0.25, 0.3) is 0 Å². The van der Waals surface area contributed by atoms with Gasteiger partial charge in [-0.05, 0) is 37.5 Å². The van der Waals surface area contributed by atoms with Crippen molar-refractivity contribution in [3.8, 4) is 5.75 Å². The van der Waals surface area contributed by atoms with E-state index in [1.165, 1.54) is 0 Å². The number of carbonyl (C=O) groups is 1. The topological polar surface area (TPSA) is 46.5 Å². The molecule has 1 fully saturated rings. The third-order valence-electron chi connectivity index (χ3n) is 3.47. The third kappa shape index (κ3) is 2.32. The van der Waals surface area contributed by atoms with Gasteiger partial charge >= 0.3 is 5.97 Å². The Bertz CT molecular complexity index is 464. The second-order valence-corrected chi connectivity index (χ2v) is 5.49. The predicted molar refractivity (Wildman–Crippen MR) is 68.6 cm³/mol. The number of carboxylic acids is 1. The van der Waals surface area contributed by atoms with Gasteiger partial charge in [0.15, 0.2) is 0 Å². The number of halogens is 1. The van der Waals surface area contributed by atoms with Gasteiger partial charge in [0.05, 0.1) is 13.5 Å². The van der Waals surface area contributed by atoms with Gasteiger partial charge in [0.25, 0.3) is 0 Å². The van der Waals surface area contributed by atoms with Crippen LogP contribution < -0.4 is 4.74 Å². The fraction of sp³-hybridized carbons (Fsp3) is 0.462. The Morgan fingerprint density at radius 2 is 2.18 bits per heavy atom. The summed E-state index contributed by atoms with van der Waals surface area (Å²) in [5.41, 5.74) is 1.94. The van der Waals surface area contributed by atoms with E-state index in [1.54, 1.807) is 7.11 Å². The van der Waals surface area contributed by atoms with E-state index in [0.29, 0.717) is 0 Å². The molecule has 0 atom stereocenters. The molecule has 1 aliphatic carbocycles. The minimum Gasteiger partial charge on any atom is -0.496 e. The first-order valence-corrected chi connectivity index (χ1v) is 6.34. The fourth-order valence-corrected chi connectivity index (χ4v) is 2.62. The molecule has 0 heterocycles. The molecule has 0 aromatic heterocycles. The predicted octanol–water partition coefficient (Wildman–Crippen LogP) is 3.27. The summed E-state index contributed by atoms with van der Waals surface area (Å²) in [7, 11) is 1.63. The normalized spacial score (nSPS) is 16.6. The number of benzene rings is 1. The Balaban J connectivity index is 2.40. The van der Waals surface area contributed by atoms with Gasteiger partial charge < -0.3 is 9.84 Å². The van der Waals surface area contributed by atoms with Crippen molar-refractivity contribution >= 4 is 21.9 Å². The quantitative estimate of drug-likeness (QED) is 0.928. The van der Waals surface area contributed by atoms with Gasteiger partial charge in [-0.3, -0.25) is 4.79 Å². The van der Waals surface area contributed by atoms with E-state index in [1.807, 2.05) is 19.1 Å². The molecule has 92 valence electrons. The Hall–Kier alpha value is -1.03. The monoisotopic (exact) mass is 298 g/mol. The lowest BCUT2D eigenvalue weighted by atomic mass is 9.91. The maximum absolute atomic E-state index is 10.9. The molecule has 0 radical (unpaired) electrons. The molecule has 1 saturated carbocycles. The highest BCUT2D eigenvalue weighted by molar-refractivity contribution is 9.10. The molecule has 2 rings (SSSR count). The van der Waals surface area contributed by atoms with Crippen LogP contribution in [0, 0.1) is 6.92 Å². The average molecular weight is 299 g/mol. The summed E-state index contributed by atoms with van der Waals surface area (Å²) in [5.74, 6) is 0.0733. The highest BCUT2D eigenvalue weighted by atomic mass is 79.9. The summed E-state index contributed by atoms with van der Waals surface area (Å²) in [6.45, 7) is 1.98. The van der Waals surface area contributed by atoms with Crippen molar-refractivity contribution in [2.75, 3.05) is 7.11 Å². The second-order valence-electron chi connectivity index (χ2n) is 4.64. The third-order valence-corrected chi connectivity index (χ3v) is 4.30. The van der Waals surface area contributed by atoms with Gasteiger partial charge in [0.1, 0.15) is 5.75 Å². The first-order chi connectivity index (χ1) is 7.98. The van der Waals surface area contributed by atoms with E-state index in [4.69, 9.17) is 9.84 Å². The maximum Gasteiger partial charge on any atom is 0.304 e. The number of ether oxygens (including phenoxy) is 1. The maximum atomic E-state index is 10.9. The van der Waals surface area contributed by atoms with Gasteiger partial charge in [-0.2, -0.15) is 0 Å². The zero-order valence-corrected chi connectivity index (χ0v) is 11.5. The molecule has 0 bridgehead atoms. The average Bonchev–Trinajstić information content (AvgIpc) is 3.01. The van der Waals surface area contributed by atoms with E-state index < -0.39 is 5.97 Å². The van der Waals surface area contributed by atoms with Crippen molar-refractivity contribution in [3.63, 3.8) is 0 Å². The van der Waals surface area contributed by atoms with Gasteiger partial charge in [0, 0.05) is 15.5 Å². The van der Waals surface area contributed by atoms with Crippen LogP contribution >= 0.6 is 15.9 Å². The Labute approximate surface area is 109 Å². The van der Waals surface area contributed by atoms with Crippen LogP contribution in [-0.2, 0) is 10.2 Å². The fourth-order valence-electron chi connectivity index (χ4n) is 2.18. The molecule has 4 heteroatoms. The van der Waals surface area contributed by atoms with Crippen LogP contribution in [0.2, 0.25) is 0 Å². The Morgan fingerprint density at radius 1 is 1.53 bits per heavy atom. The standard InChI is InChI=1S/C13H15BrO3/c1-8-10(14)5-9(6-11(8)17-2)13(3-4-13)7-12(15)16/h5-6H,3-4,7H2,1-2H3,(H,15,16). The zero-order valence-electron chi connectivity index (χ0n) is 9.92. The number of hydrogen-bond donors (Lipinski definition) is 1. The zero-order chi connectivity index (χ0) is 12.6. The second kappa shape index (κ2) is 4.33. The summed E-state index contributed by atoms with van der Waals surface area (Å²) in [6, 6.07) is 3.99. The molecule has 0 saturated heterocycles. The minimum absolute atomic E-state index is 0.171. The largest absolute Gasteiger partial charge is 0.496 e. The molecule has 1 aromatic rings. The van der Waals surface area contributed by atoms with Crippen LogP contribution in [0.3, 0.4) is 0 Å². The highest BCUT2D eigenvalue weighted by Crippen LogP contribution is 2.52. The summed E-state index contributed by atoms with van der Waals surface area (Å²) in [5, 5.41) is 8.96. The van der Waals surface area contributed by atoms with Crippen molar-refractivity contribution in [3.05, 3.63) is 27.7 Å². The first-order valence-electron chi connectivity index (χ1n) is 5.55. The molecule has 1 aliphatic rings. The number of aliphatic carboxylic acids is 1. The van der Waals surface area contributed by atoms with E-state index in [2.05, 4.69) is 15.9 Å². The molecule has 3 nitrogen and oxygen atoms in total. The molecular formula is C13H15BrO3. The van der Waals surface area contributed by atoms with Gasteiger partial charge in [-0.25, -0.2) is 0 Å². The molecule has 0 amide bonds. The lowest BCUT2D eigenvalue weighted by Crippen LogP contribution is -2.13. The van der Waals surface area contributed by atoms with Crippen LogP contribution in [-0.4, -0.2) is 18.2 Å². The molecule has 17 heavy (non-hydrogen) atoms. The van der Waals surface area contributed by atoms with Crippen LogP contribution in [0.4, 0.5) is 0 Å². The molecule has 0 aliphatic heterocycles. The van der Waals surface area contributed by atoms with Gasteiger partial charge in [-0.1, -0.05) is 15.9 Å². The molecule has 1 N–H and O–H groups in total. The number of carboxylic acid groups (broad SMARTS) is 1. The van der Waals surface area contributed by atoms with E-state index in [9.17, 15) is 4.79 Å². The van der Waals surface area contributed by atoms with E-state index in [0.717, 1.165) is 34.2 Å². The summed E-state index contributed by atoms with van der Waals surface area (Å²) >= 11 is 3.50. The van der Waals surface area contributed by atoms with Crippen LogP contribution in [0.1, 0.15) is 30.4 Å². The van der Waals surface area contributed by atoms with Crippen molar-refractivity contribution in [1.29, 1.82) is 0 Å². The number of rotatable bonds is 4. The summed E-state index contributed by atoms with van der Waals surface area (Å²) in [6.07, 6.45) is 2.08. The number of methoxy groups -OCH3 is 1. The lowest BCUT2D eigenvalue weighted by Gasteiger charge is -2.16. The lowest BCUT2D eigenvalue weighted by molar-refractivity contribution is -0.137. The van der Waals surface area contributed by atoms with Gasteiger partial charge in [0.2, 0.25) is 0 Å². The first kappa shape index (κ1) is 12.4. The molecule has 0 unspecified atom stereocenters. The van der Waals surface area contributed by atoms with Crippen molar-refractivity contribution in [2.45, 2.75) is 31.6 Å². The van der Waals surface area contributed by atoms with Crippen LogP contribution in [0.15, 0.2) is 16.6 Å². The smallest absolute Gasteiger partial charge is 0.304 e. The Morgan fingerprint density at radius 3 is 2.65 bits per heavy atom. The van der Waals surface area contributed by atoms with E-state index >= 15 is 0 Å². The van der Waals surface area contributed by atoms with E-state index in [-0.39, 0.29) is 11.8 Å². The van der Waals surface area contributed by atoms with Crippen molar-refractivity contribution < 1.29 is 14.6 Å². The van der Waals surface area contributed by atoms with Gasteiger partial charge in [-0.15, -0.1) is 0 Å². The molecule has 1 aromatic carbocycles. The Kier molecular flexibility index (Phi) is 3.17.